The highest BCUT2D eigenvalue weighted by Gasteiger charge is 2.20. The number of amides is 1. The first-order valence-corrected chi connectivity index (χ1v) is 9.13. The lowest BCUT2D eigenvalue weighted by atomic mass is 10.1. The van der Waals surface area contributed by atoms with E-state index in [2.05, 4.69) is 4.72 Å². The summed E-state index contributed by atoms with van der Waals surface area (Å²) in [6.07, 6.45) is 2.31. The molecule has 0 spiro atoms. The minimum Gasteiger partial charge on any atom is -0.312 e. The van der Waals surface area contributed by atoms with Crippen LogP contribution >= 0.6 is 0 Å². The maximum Gasteiger partial charge on any atom is 0.261 e. The quantitative estimate of drug-likeness (QED) is 0.923. The Balaban J connectivity index is 1.84. The van der Waals surface area contributed by atoms with Crippen molar-refractivity contribution < 1.29 is 17.6 Å². The molecule has 0 atom stereocenters. The van der Waals surface area contributed by atoms with E-state index in [0.717, 1.165) is 25.0 Å². The molecule has 1 aliphatic rings. The van der Waals surface area contributed by atoms with Gasteiger partial charge in [-0.3, -0.25) is 9.52 Å². The molecule has 0 saturated carbocycles. The highest BCUT2D eigenvalue weighted by atomic mass is 32.2. The number of nitrogens with one attached hydrogen (secondary N) is 1. The average Bonchev–Trinajstić information content (AvgIpc) is 2.55. The first kappa shape index (κ1) is 16.4. The number of hydrogen-bond donors (Lipinski definition) is 1. The first-order valence-electron chi connectivity index (χ1n) is 7.64. The third-order valence-corrected chi connectivity index (χ3v) is 5.25. The molecule has 7 heteroatoms. The Morgan fingerprint density at radius 3 is 2.50 bits per heavy atom. The molecule has 1 N–H and O–H groups in total. The lowest BCUT2D eigenvalue weighted by Gasteiger charge is -2.27. The summed E-state index contributed by atoms with van der Waals surface area (Å²) in [5.41, 5.74) is 1.02. The van der Waals surface area contributed by atoms with Crippen LogP contribution in [0.3, 0.4) is 0 Å². The van der Waals surface area contributed by atoms with Gasteiger partial charge in [-0.2, -0.15) is 0 Å². The number of nitrogens with zero attached hydrogens (tertiary/aromatic N) is 1. The van der Waals surface area contributed by atoms with Gasteiger partial charge in [-0.1, -0.05) is 6.07 Å². The van der Waals surface area contributed by atoms with Crippen molar-refractivity contribution in [2.24, 2.45) is 0 Å². The van der Waals surface area contributed by atoms with Crippen LogP contribution in [-0.2, 0) is 14.8 Å². The molecule has 0 bridgehead atoms. The van der Waals surface area contributed by atoms with Crippen molar-refractivity contribution in [3.05, 3.63) is 54.3 Å². The minimum absolute atomic E-state index is 0.0247. The number of anilines is 2. The van der Waals surface area contributed by atoms with Crippen molar-refractivity contribution in [2.45, 2.75) is 24.2 Å². The van der Waals surface area contributed by atoms with Crippen LogP contribution in [0.4, 0.5) is 15.8 Å². The number of carbonyl (C=O) groups excluding carboxylic acids is 1. The van der Waals surface area contributed by atoms with E-state index < -0.39 is 15.8 Å². The van der Waals surface area contributed by atoms with Crippen LogP contribution in [0.25, 0.3) is 0 Å². The zero-order valence-corrected chi connectivity index (χ0v) is 13.7. The van der Waals surface area contributed by atoms with Gasteiger partial charge >= 0.3 is 0 Å². The van der Waals surface area contributed by atoms with E-state index in [1.807, 2.05) is 0 Å². The summed E-state index contributed by atoms with van der Waals surface area (Å²) in [7, 11) is -3.81. The van der Waals surface area contributed by atoms with Gasteiger partial charge < -0.3 is 4.90 Å². The summed E-state index contributed by atoms with van der Waals surface area (Å²) in [6, 6.07) is 11.3. The van der Waals surface area contributed by atoms with Crippen LogP contribution in [0.5, 0.6) is 0 Å². The standard InChI is InChI=1S/C17H17FN2O3S/c18-13-7-9-16(10-8-13)24(22,23)19-14-4-3-5-15(12-14)20-11-2-1-6-17(20)21/h3-5,7-10,12,19H,1-2,6,11H2. The molecule has 1 fully saturated rings. The molecule has 3 rings (SSSR count). The maximum absolute atomic E-state index is 12.9. The second kappa shape index (κ2) is 6.60. The monoisotopic (exact) mass is 348 g/mol. The van der Waals surface area contributed by atoms with Crippen LogP contribution in [0.1, 0.15) is 19.3 Å². The summed E-state index contributed by atoms with van der Waals surface area (Å²) in [6.45, 7) is 0.632. The molecular formula is C17H17FN2O3S. The fourth-order valence-electron chi connectivity index (χ4n) is 2.64. The highest BCUT2D eigenvalue weighted by molar-refractivity contribution is 7.92. The lowest BCUT2D eigenvalue weighted by Crippen LogP contribution is -2.35. The summed E-state index contributed by atoms with van der Waals surface area (Å²) in [5, 5.41) is 0. The Bertz CT molecular complexity index is 850. The average molecular weight is 348 g/mol. The van der Waals surface area contributed by atoms with Crippen LogP contribution in [0.15, 0.2) is 53.4 Å². The van der Waals surface area contributed by atoms with Gasteiger partial charge in [-0.15, -0.1) is 0 Å². The van der Waals surface area contributed by atoms with Gasteiger partial charge in [0.05, 0.1) is 10.6 Å². The van der Waals surface area contributed by atoms with Crippen molar-refractivity contribution in [1.82, 2.24) is 0 Å². The molecule has 5 nitrogen and oxygen atoms in total. The van der Waals surface area contributed by atoms with Gasteiger partial charge in [0, 0.05) is 18.7 Å². The third-order valence-electron chi connectivity index (χ3n) is 3.86. The Labute approximate surface area is 140 Å². The van der Waals surface area contributed by atoms with E-state index in [4.69, 9.17) is 0 Å². The SMILES string of the molecule is O=C1CCCCN1c1cccc(NS(=O)(=O)c2ccc(F)cc2)c1. The Hall–Kier alpha value is -2.41. The highest BCUT2D eigenvalue weighted by Crippen LogP contribution is 2.25. The summed E-state index contributed by atoms with van der Waals surface area (Å²) < 4.78 is 40.1. The molecule has 24 heavy (non-hydrogen) atoms. The maximum atomic E-state index is 12.9. The van der Waals surface area contributed by atoms with E-state index in [1.165, 1.54) is 12.1 Å². The summed E-state index contributed by atoms with van der Waals surface area (Å²) >= 11 is 0. The molecule has 0 radical (unpaired) electrons. The molecule has 0 aliphatic carbocycles. The number of halogens is 1. The van der Waals surface area contributed by atoms with Crippen LogP contribution in [0, 0.1) is 5.82 Å². The Morgan fingerprint density at radius 2 is 1.79 bits per heavy atom. The van der Waals surface area contributed by atoms with Gasteiger partial charge in [0.25, 0.3) is 10.0 Å². The zero-order chi connectivity index (χ0) is 17.2. The molecule has 2 aromatic carbocycles. The third kappa shape index (κ3) is 3.56. The molecule has 126 valence electrons. The number of piperidine rings is 1. The summed E-state index contributed by atoms with van der Waals surface area (Å²) in [5.74, 6) is -0.459. The van der Waals surface area contributed by atoms with Crippen LogP contribution in [0.2, 0.25) is 0 Å². The van der Waals surface area contributed by atoms with Crippen molar-refractivity contribution in [1.29, 1.82) is 0 Å². The molecule has 0 unspecified atom stereocenters. The smallest absolute Gasteiger partial charge is 0.261 e. The number of sulfonamides is 1. The fraction of sp³-hybridized carbons (Fsp3) is 0.235. The largest absolute Gasteiger partial charge is 0.312 e. The summed E-state index contributed by atoms with van der Waals surface area (Å²) in [4.78, 5) is 13.6. The Kier molecular flexibility index (Phi) is 4.53. The van der Waals surface area contributed by atoms with Crippen molar-refractivity contribution in [3.8, 4) is 0 Å². The second-order valence-electron chi connectivity index (χ2n) is 5.61. The Morgan fingerprint density at radius 1 is 1.04 bits per heavy atom. The van der Waals surface area contributed by atoms with Gasteiger partial charge in [0.2, 0.25) is 5.91 Å². The van der Waals surface area contributed by atoms with Gasteiger partial charge in [0.15, 0.2) is 0 Å². The van der Waals surface area contributed by atoms with Gasteiger partial charge in [-0.05, 0) is 55.3 Å². The van der Waals surface area contributed by atoms with E-state index in [0.29, 0.717) is 24.3 Å². The normalized spacial score (nSPS) is 15.4. The molecule has 1 aliphatic heterocycles. The van der Waals surface area contributed by atoms with Gasteiger partial charge in [-0.25, -0.2) is 12.8 Å². The fourth-order valence-corrected chi connectivity index (χ4v) is 3.69. The topological polar surface area (TPSA) is 66.5 Å². The molecule has 1 saturated heterocycles. The molecular weight excluding hydrogens is 331 g/mol. The lowest BCUT2D eigenvalue weighted by molar-refractivity contribution is -0.119. The molecule has 1 heterocycles. The second-order valence-corrected chi connectivity index (χ2v) is 7.29. The first-order chi connectivity index (χ1) is 11.5. The number of hydrogen-bond acceptors (Lipinski definition) is 3. The van der Waals surface area contributed by atoms with E-state index in [9.17, 15) is 17.6 Å². The van der Waals surface area contributed by atoms with E-state index in [1.54, 1.807) is 29.2 Å². The van der Waals surface area contributed by atoms with Crippen molar-refractivity contribution >= 4 is 27.3 Å². The molecule has 2 aromatic rings. The van der Waals surface area contributed by atoms with Gasteiger partial charge in [0.1, 0.15) is 5.82 Å². The predicted octanol–water partition coefficient (Wildman–Crippen LogP) is 3.14. The number of rotatable bonds is 4. The molecule has 0 aromatic heterocycles. The number of benzene rings is 2. The van der Waals surface area contributed by atoms with E-state index in [-0.39, 0.29) is 10.8 Å². The molecule has 1 amide bonds. The van der Waals surface area contributed by atoms with Crippen molar-refractivity contribution in [2.75, 3.05) is 16.2 Å². The minimum atomic E-state index is -3.81. The van der Waals surface area contributed by atoms with Crippen LogP contribution < -0.4 is 9.62 Å². The van der Waals surface area contributed by atoms with Crippen LogP contribution in [-0.4, -0.2) is 20.9 Å². The van der Waals surface area contributed by atoms with E-state index >= 15 is 0 Å². The number of carbonyl (C=O) groups is 1. The predicted molar refractivity (Wildman–Crippen MR) is 89.9 cm³/mol. The zero-order valence-electron chi connectivity index (χ0n) is 12.9. The van der Waals surface area contributed by atoms with Crippen molar-refractivity contribution in [3.63, 3.8) is 0 Å².